The lowest BCUT2D eigenvalue weighted by Gasteiger charge is -2.31. The SMILES string of the molecule is Cc1cccc(OCCCC(=O)NC(C)(CN)CC(C)C)c1.Cl. The lowest BCUT2D eigenvalue weighted by molar-refractivity contribution is -0.123. The summed E-state index contributed by atoms with van der Waals surface area (Å²) >= 11 is 0. The van der Waals surface area contributed by atoms with E-state index < -0.39 is 0 Å². The summed E-state index contributed by atoms with van der Waals surface area (Å²) < 4.78 is 5.65. The zero-order valence-corrected chi connectivity index (χ0v) is 15.5. The molecule has 4 nitrogen and oxygen atoms in total. The fourth-order valence-electron chi connectivity index (χ4n) is 2.61. The highest BCUT2D eigenvalue weighted by molar-refractivity contribution is 5.85. The minimum absolute atomic E-state index is 0. The zero-order chi connectivity index (χ0) is 16.6. The molecule has 1 aromatic carbocycles. The summed E-state index contributed by atoms with van der Waals surface area (Å²) in [7, 11) is 0. The lowest BCUT2D eigenvalue weighted by Crippen LogP contribution is -2.52. The normalized spacial score (nSPS) is 13.1. The third-order valence-electron chi connectivity index (χ3n) is 3.56. The van der Waals surface area contributed by atoms with Crippen LogP contribution in [0.5, 0.6) is 5.75 Å². The van der Waals surface area contributed by atoms with Gasteiger partial charge in [0.05, 0.1) is 6.61 Å². The van der Waals surface area contributed by atoms with Crippen LogP contribution < -0.4 is 15.8 Å². The summed E-state index contributed by atoms with van der Waals surface area (Å²) in [5, 5.41) is 3.06. The van der Waals surface area contributed by atoms with E-state index in [0.29, 0.717) is 31.9 Å². The molecular weight excluding hydrogens is 312 g/mol. The van der Waals surface area contributed by atoms with Crippen molar-refractivity contribution in [2.75, 3.05) is 13.2 Å². The summed E-state index contributed by atoms with van der Waals surface area (Å²) in [5.74, 6) is 1.40. The summed E-state index contributed by atoms with van der Waals surface area (Å²) in [4.78, 5) is 12.0. The average Bonchev–Trinajstić information content (AvgIpc) is 2.43. The van der Waals surface area contributed by atoms with Gasteiger partial charge in [-0.15, -0.1) is 12.4 Å². The van der Waals surface area contributed by atoms with E-state index in [9.17, 15) is 4.79 Å². The molecular formula is C18H31ClN2O2. The van der Waals surface area contributed by atoms with Crippen LogP contribution in [0.4, 0.5) is 0 Å². The third-order valence-corrected chi connectivity index (χ3v) is 3.56. The lowest BCUT2D eigenvalue weighted by atomic mass is 9.90. The molecule has 1 amide bonds. The molecule has 1 atom stereocenters. The van der Waals surface area contributed by atoms with Crippen molar-refractivity contribution < 1.29 is 9.53 Å². The van der Waals surface area contributed by atoms with Crippen LogP contribution in [0.15, 0.2) is 24.3 Å². The largest absolute Gasteiger partial charge is 0.494 e. The average molecular weight is 343 g/mol. The van der Waals surface area contributed by atoms with E-state index in [1.54, 1.807) is 0 Å². The first-order valence-corrected chi connectivity index (χ1v) is 8.05. The van der Waals surface area contributed by atoms with E-state index >= 15 is 0 Å². The van der Waals surface area contributed by atoms with Crippen molar-refractivity contribution in [1.82, 2.24) is 5.32 Å². The smallest absolute Gasteiger partial charge is 0.220 e. The molecule has 0 spiro atoms. The van der Waals surface area contributed by atoms with Gasteiger partial charge in [0.15, 0.2) is 0 Å². The highest BCUT2D eigenvalue weighted by Gasteiger charge is 2.25. The molecule has 0 aromatic heterocycles. The highest BCUT2D eigenvalue weighted by atomic mass is 35.5. The first-order valence-electron chi connectivity index (χ1n) is 8.05. The maximum absolute atomic E-state index is 12.0. The Morgan fingerprint density at radius 1 is 1.39 bits per heavy atom. The highest BCUT2D eigenvalue weighted by Crippen LogP contribution is 2.16. The fourth-order valence-corrected chi connectivity index (χ4v) is 2.61. The Balaban J connectivity index is 0.00000484. The second-order valence-electron chi connectivity index (χ2n) is 6.68. The first-order chi connectivity index (χ1) is 10.3. The van der Waals surface area contributed by atoms with Crippen molar-refractivity contribution in [3.8, 4) is 5.75 Å². The quantitative estimate of drug-likeness (QED) is 0.675. The Kier molecular flexibility index (Phi) is 9.93. The maximum Gasteiger partial charge on any atom is 0.220 e. The van der Waals surface area contributed by atoms with E-state index in [1.165, 1.54) is 5.56 Å². The molecule has 3 N–H and O–H groups in total. The number of carbonyl (C=O) groups is 1. The van der Waals surface area contributed by atoms with Crippen molar-refractivity contribution in [3.05, 3.63) is 29.8 Å². The van der Waals surface area contributed by atoms with Gasteiger partial charge in [0.25, 0.3) is 0 Å². The van der Waals surface area contributed by atoms with E-state index in [-0.39, 0.29) is 23.9 Å². The fraction of sp³-hybridized carbons (Fsp3) is 0.611. The molecule has 1 aromatic rings. The molecule has 132 valence electrons. The Bertz CT molecular complexity index is 480. The van der Waals surface area contributed by atoms with Gasteiger partial charge in [-0.05, 0) is 50.3 Å². The number of rotatable bonds is 9. The van der Waals surface area contributed by atoms with Crippen LogP contribution in [0.1, 0.15) is 45.6 Å². The number of benzene rings is 1. The zero-order valence-electron chi connectivity index (χ0n) is 14.7. The summed E-state index contributed by atoms with van der Waals surface area (Å²) in [6.45, 7) is 9.31. The molecule has 5 heteroatoms. The Morgan fingerprint density at radius 3 is 2.65 bits per heavy atom. The van der Waals surface area contributed by atoms with E-state index in [4.69, 9.17) is 10.5 Å². The number of carbonyl (C=O) groups excluding carboxylic acids is 1. The van der Waals surface area contributed by atoms with Gasteiger partial charge in [0, 0.05) is 18.5 Å². The number of ether oxygens (including phenoxy) is 1. The van der Waals surface area contributed by atoms with Crippen molar-refractivity contribution in [2.45, 2.75) is 52.5 Å². The molecule has 1 rings (SSSR count). The van der Waals surface area contributed by atoms with Crippen LogP contribution in [-0.2, 0) is 4.79 Å². The minimum Gasteiger partial charge on any atom is -0.494 e. The molecule has 0 radical (unpaired) electrons. The molecule has 0 aliphatic heterocycles. The van der Waals surface area contributed by atoms with Crippen molar-refractivity contribution >= 4 is 18.3 Å². The van der Waals surface area contributed by atoms with Gasteiger partial charge < -0.3 is 15.8 Å². The predicted molar refractivity (Wildman–Crippen MR) is 98.2 cm³/mol. The van der Waals surface area contributed by atoms with Gasteiger partial charge >= 0.3 is 0 Å². The van der Waals surface area contributed by atoms with Gasteiger partial charge in [-0.2, -0.15) is 0 Å². The van der Waals surface area contributed by atoms with Crippen LogP contribution in [-0.4, -0.2) is 24.6 Å². The number of hydrogen-bond acceptors (Lipinski definition) is 3. The summed E-state index contributed by atoms with van der Waals surface area (Å²) in [6.07, 6.45) is 2.04. The molecule has 0 bridgehead atoms. The van der Waals surface area contributed by atoms with E-state index in [1.807, 2.05) is 38.1 Å². The van der Waals surface area contributed by atoms with Gasteiger partial charge in [0.2, 0.25) is 5.91 Å². The number of nitrogens with two attached hydrogens (primary N) is 1. The monoisotopic (exact) mass is 342 g/mol. The molecule has 1 unspecified atom stereocenters. The molecule has 0 fully saturated rings. The van der Waals surface area contributed by atoms with Crippen molar-refractivity contribution in [1.29, 1.82) is 0 Å². The van der Waals surface area contributed by atoms with Crippen LogP contribution in [0.2, 0.25) is 0 Å². The van der Waals surface area contributed by atoms with Crippen LogP contribution in [0.25, 0.3) is 0 Å². The van der Waals surface area contributed by atoms with Gasteiger partial charge in [0.1, 0.15) is 5.75 Å². The maximum atomic E-state index is 12.0. The number of nitrogens with one attached hydrogen (secondary N) is 1. The van der Waals surface area contributed by atoms with Gasteiger partial charge in [-0.1, -0.05) is 26.0 Å². The second-order valence-corrected chi connectivity index (χ2v) is 6.68. The van der Waals surface area contributed by atoms with Crippen LogP contribution in [0, 0.1) is 12.8 Å². The minimum atomic E-state index is -0.317. The predicted octanol–water partition coefficient (Wildman–Crippen LogP) is 3.46. The topological polar surface area (TPSA) is 64.3 Å². The summed E-state index contributed by atoms with van der Waals surface area (Å²) in [5.41, 5.74) is 6.66. The Morgan fingerprint density at radius 2 is 2.09 bits per heavy atom. The number of hydrogen-bond donors (Lipinski definition) is 2. The summed E-state index contributed by atoms with van der Waals surface area (Å²) in [6, 6.07) is 7.92. The molecule has 0 saturated carbocycles. The van der Waals surface area contributed by atoms with Gasteiger partial charge in [-0.25, -0.2) is 0 Å². The van der Waals surface area contributed by atoms with E-state index in [2.05, 4.69) is 19.2 Å². The van der Waals surface area contributed by atoms with Crippen LogP contribution >= 0.6 is 12.4 Å². The van der Waals surface area contributed by atoms with Crippen molar-refractivity contribution in [3.63, 3.8) is 0 Å². The molecule has 0 heterocycles. The third kappa shape index (κ3) is 8.82. The molecule has 0 aliphatic rings. The molecule has 0 saturated heterocycles. The number of halogens is 1. The van der Waals surface area contributed by atoms with Crippen LogP contribution in [0.3, 0.4) is 0 Å². The Labute approximate surface area is 146 Å². The van der Waals surface area contributed by atoms with E-state index in [0.717, 1.165) is 12.2 Å². The first kappa shape index (κ1) is 21.7. The van der Waals surface area contributed by atoms with Crippen molar-refractivity contribution in [2.24, 2.45) is 11.7 Å². The molecule has 23 heavy (non-hydrogen) atoms. The second kappa shape index (κ2) is 10.5. The standard InChI is InChI=1S/C18H30N2O2.ClH/c1-14(2)12-18(4,13-19)20-17(21)9-6-10-22-16-8-5-7-15(3)11-16;/h5,7-8,11,14H,6,9-10,12-13,19H2,1-4H3,(H,20,21);1H. The number of aryl methyl sites for hydroxylation is 1. The number of amides is 1. The van der Waals surface area contributed by atoms with Gasteiger partial charge in [-0.3, -0.25) is 4.79 Å². The Hall–Kier alpha value is -1.26. The molecule has 0 aliphatic carbocycles.